The number of rotatable bonds is 7. The fourth-order valence-electron chi connectivity index (χ4n) is 3.79. The molecule has 30 heavy (non-hydrogen) atoms. The molecule has 0 aliphatic heterocycles. The first-order valence-electron chi connectivity index (χ1n) is 10.2. The van der Waals surface area contributed by atoms with Gasteiger partial charge < -0.3 is 9.55 Å². The number of fused-ring (bicyclic) bond motifs is 1. The number of nitrogens with one attached hydrogen (secondary N) is 1. The molecule has 1 N–H and O–H groups in total. The Kier molecular flexibility index (Phi) is 5.77. The van der Waals surface area contributed by atoms with E-state index in [4.69, 9.17) is 0 Å². The van der Waals surface area contributed by atoms with Crippen LogP contribution in [-0.4, -0.2) is 25.5 Å². The van der Waals surface area contributed by atoms with Gasteiger partial charge in [-0.2, -0.15) is 0 Å². The Morgan fingerprint density at radius 3 is 2.53 bits per heavy atom. The van der Waals surface area contributed by atoms with Crippen LogP contribution < -0.4 is 0 Å². The first-order valence-corrected chi connectivity index (χ1v) is 11.1. The van der Waals surface area contributed by atoms with Gasteiger partial charge in [0.05, 0.1) is 0 Å². The van der Waals surface area contributed by atoms with E-state index in [1.54, 1.807) is 0 Å². The quantitative estimate of drug-likeness (QED) is 0.309. The molecule has 2 aromatic carbocycles. The Labute approximate surface area is 180 Å². The van der Waals surface area contributed by atoms with Crippen LogP contribution in [-0.2, 0) is 13.5 Å². The van der Waals surface area contributed by atoms with Crippen LogP contribution in [0.2, 0.25) is 0 Å². The maximum absolute atomic E-state index is 13.8. The van der Waals surface area contributed by atoms with E-state index in [1.807, 2.05) is 60.3 Å². The van der Waals surface area contributed by atoms with Crippen LogP contribution in [0, 0.1) is 0 Å². The summed E-state index contributed by atoms with van der Waals surface area (Å²) in [6.45, 7) is 6.31. The standard InChI is InChI=1S/C24H26N4OS/c1-5-16-12-9-13-18-19(14-25-20(16)18)21(29)22(17-10-7-6-8-11-17)30-24-27-26-23(15(2)3)28(24)4/h6-15,22,25H,5H2,1-4H3. The van der Waals surface area contributed by atoms with Crippen molar-refractivity contribution in [3.63, 3.8) is 0 Å². The number of aryl methyl sites for hydroxylation is 1. The second kappa shape index (κ2) is 8.48. The molecule has 5 nitrogen and oxygen atoms in total. The number of hydrogen-bond donors (Lipinski definition) is 1. The predicted molar refractivity (Wildman–Crippen MR) is 122 cm³/mol. The molecule has 4 aromatic rings. The molecule has 4 rings (SSSR count). The number of hydrogen-bond acceptors (Lipinski definition) is 4. The van der Waals surface area contributed by atoms with Gasteiger partial charge in [0, 0.05) is 35.6 Å². The van der Waals surface area contributed by atoms with Gasteiger partial charge >= 0.3 is 0 Å². The third kappa shape index (κ3) is 3.67. The number of H-pyrrole nitrogens is 1. The molecule has 0 amide bonds. The number of aromatic nitrogens is 4. The summed E-state index contributed by atoms with van der Waals surface area (Å²) in [6, 6.07) is 16.0. The maximum atomic E-state index is 13.8. The molecule has 0 saturated carbocycles. The summed E-state index contributed by atoms with van der Waals surface area (Å²) in [5.41, 5.74) is 3.93. The molecule has 0 spiro atoms. The lowest BCUT2D eigenvalue weighted by Gasteiger charge is -2.16. The van der Waals surface area contributed by atoms with Crippen molar-refractivity contribution >= 4 is 28.4 Å². The molecule has 0 bridgehead atoms. The lowest BCUT2D eigenvalue weighted by molar-refractivity contribution is 0.0991. The highest BCUT2D eigenvalue weighted by Gasteiger charge is 2.28. The Balaban J connectivity index is 1.77. The van der Waals surface area contributed by atoms with Gasteiger partial charge in [-0.25, -0.2) is 0 Å². The minimum absolute atomic E-state index is 0.0693. The second-order valence-corrected chi connectivity index (χ2v) is 8.80. The number of carbonyl (C=O) groups is 1. The molecule has 1 atom stereocenters. The van der Waals surface area contributed by atoms with Crippen LogP contribution in [0.15, 0.2) is 59.9 Å². The number of carbonyl (C=O) groups excluding carboxylic acids is 1. The molecule has 1 unspecified atom stereocenters. The van der Waals surface area contributed by atoms with E-state index in [0.717, 1.165) is 33.9 Å². The van der Waals surface area contributed by atoms with Crippen molar-refractivity contribution in [2.24, 2.45) is 7.05 Å². The fourth-order valence-corrected chi connectivity index (χ4v) is 4.87. The fraction of sp³-hybridized carbons (Fsp3) is 0.292. The minimum Gasteiger partial charge on any atom is -0.360 e. The summed E-state index contributed by atoms with van der Waals surface area (Å²) in [5.74, 6) is 1.25. The first-order chi connectivity index (χ1) is 14.5. The topological polar surface area (TPSA) is 63.6 Å². The number of para-hydroxylation sites is 1. The summed E-state index contributed by atoms with van der Waals surface area (Å²) in [7, 11) is 1.96. The van der Waals surface area contributed by atoms with Gasteiger partial charge in [-0.3, -0.25) is 4.79 Å². The Hall–Kier alpha value is -2.86. The molecular weight excluding hydrogens is 392 g/mol. The van der Waals surface area contributed by atoms with E-state index < -0.39 is 5.25 Å². The summed E-state index contributed by atoms with van der Waals surface area (Å²) in [4.78, 5) is 17.1. The van der Waals surface area contributed by atoms with Crippen LogP contribution >= 0.6 is 11.8 Å². The van der Waals surface area contributed by atoms with E-state index in [2.05, 4.69) is 42.0 Å². The lowest BCUT2D eigenvalue weighted by Crippen LogP contribution is -2.11. The third-order valence-electron chi connectivity index (χ3n) is 5.40. The average Bonchev–Trinajstić information content (AvgIpc) is 3.35. The molecule has 0 aliphatic rings. The first kappa shape index (κ1) is 20.4. The van der Waals surface area contributed by atoms with Crippen LogP contribution in [0.3, 0.4) is 0 Å². The van der Waals surface area contributed by atoms with Gasteiger partial charge in [0.1, 0.15) is 11.1 Å². The molecule has 2 heterocycles. The van der Waals surface area contributed by atoms with Gasteiger partial charge in [-0.15, -0.1) is 10.2 Å². The van der Waals surface area contributed by atoms with Crippen molar-refractivity contribution in [1.29, 1.82) is 0 Å². The van der Waals surface area contributed by atoms with Crippen molar-refractivity contribution in [3.05, 3.63) is 77.2 Å². The molecular formula is C24H26N4OS. The molecule has 154 valence electrons. The smallest absolute Gasteiger partial charge is 0.192 e. The van der Waals surface area contributed by atoms with Crippen LogP contribution in [0.1, 0.15) is 59.2 Å². The van der Waals surface area contributed by atoms with Crippen molar-refractivity contribution in [2.45, 2.75) is 43.5 Å². The molecule has 0 radical (unpaired) electrons. The van der Waals surface area contributed by atoms with Crippen molar-refractivity contribution in [3.8, 4) is 0 Å². The molecule has 0 saturated heterocycles. The number of Topliss-reactive ketones (excluding diaryl/α,β-unsaturated/α-hetero) is 1. The molecule has 6 heteroatoms. The van der Waals surface area contributed by atoms with E-state index in [9.17, 15) is 4.79 Å². The summed E-state index contributed by atoms with van der Waals surface area (Å²) >= 11 is 1.46. The molecule has 2 aromatic heterocycles. The Morgan fingerprint density at radius 1 is 1.10 bits per heavy atom. The monoisotopic (exact) mass is 418 g/mol. The highest BCUT2D eigenvalue weighted by molar-refractivity contribution is 8.00. The van der Waals surface area contributed by atoms with Gasteiger partial charge in [-0.1, -0.05) is 81.1 Å². The van der Waals surface area contributed by atoms with Crippen LogP contribution in [0.4, 0.5) is 0 Å². The number of benzene rings is 2. The van der Waals surface area contributed by atoms with Gasteiger partial charge in [0.2, 0.25) is 0 Å². The highest BCUT2D eigenvalue weighted by atomic mass is 32.2. The zero-order valence-corrected chi connectivity index (χ0v) is 18.5. The molecule has 0 fully saturated rings. The minimum atomic E-state index is -0.404. The van der Waals surface area contributed by atoms with Crippen molar-refractivity contribution in [2.75, 3.05) is 0 Å². The zero-order chi connectivity index (χ0) is 21.3. The van der Waals surface area contributed by atoms with Gasteiger partial charge in [0.25, 0.3) is 0 Å². The number of nitrogens with zero attached hydrogens (tertiary/aromatic N) is 3. The van der Waals surface area contributed by atoms with E-state index in [-0.39, 0.29) is 11.7 Å². The molecule has 0 aliphatic carbocycles. The number of thioether (sulfide) groups is 1. The van der Waals surface area contributed by atoms with Crippen molar-refractivity contribution < 1.29 is 4.79 Å². The lowest BCUT2D eigenvalue weighted by atomic mass is 10.0. The largest absolute Gasteiger partial charge is 0.360 e. The Bertz CT molecular complexity index is 1180. The summed E-state index contributed by atoms with van der Waals surface area (Å²) < 4.78 is 1.99. The SMILES string of the molecule is CCc1cccc2c(C(=O)C(Sc3nnc(C(C)C)n3C)c3ccccc3)c[nH]c12. The predicted octanol–water partition coefficient (Wildman–Crippen LogP) is 5.70. The van der Waals surface area contributed by atoms with Gasteiger partial charge in [-0.05, 0) is 17.5 Å². The third-order valence-corrected chi connectivity index (χ3v) is 6.69. The van der Waals surface area contributed by atoms with Crippen molar-refractivity contribution in [1.82, 2.24) is 19.7 Å². The van der Waals surface area contributed by atoms with Crippen LogP contribution in [0.5, 0.6) is 0 Å². The van der Waals surface area contributed by atoms with Gasteiger partial charge in [0.15, 0.2) is 10.9 Å². The Morgan fingerprint density at radius 2 is 1.87 bits per heavy atom. The highest BCUT2D eigenvalue weighted by Crippen LogP contribution is 2.39. The zero-order valence-electron chi connectivity index (χ0n) is 17.7. The summed E-state index contributed by atoms with van der Waals surface area (Å²) in [6.07, 6.45) is 2.76. The van der Waals surface area contributed by atoms with E-state index in [0.29, 0.717) is 5.56 Å². The summed E-state index contributed by atoms with van der Waals surface area (Å²) in [5, 5.41) is 10.0. The number of ketones is 1. The van der Waals surface area contributed by atoms with Crippen LogP contribution in [0.25, 0.3) is 10.9 Å². The van der Waals surface area contributed by atoms with E-state index >= 15 is 0 Å². The number of aromatic amines is 1. The maximum Gasteiger partial charge on any atom is 0.192 e. The normalized spacial score (nSPS) is 12.6. The van der Waals surface area contributed by atoms with E-state index in [1.165, 1.54) is 17.3 Å². The average molecular weight is 419 g/mol. The second-order valence-electron chi connectivity index (χ2n) is 7.72.